The van der Waals surface area contributed by atoms with Gasteiger partial charge in [-0.2, -0.15) is 10.5 Å². The van der Waals surface area contributed by atoms with Gasteiger partial charge in [-0.15, -0.1) is 0 Å². The third kappa shape index (κ3) is 12.3. The average molecular weight is 471 g/mol. The van der Waals surface area contributed by atoms with Crippen LogP contribution in [0.15, 0.2) is 23.4 Å². The van der Waals surface area contributed by atoms with E-state index in [0.29, 0.717) is 13.1 Å². The van der Waals surface area contributed by atoms with Gasteiger partial charge in [0.15, 0.2) is 0 Å². The Morgan fingerprint density at radius 1 is 1.00 bits per heavy atom. The van der Waals surface area contributed by atoms with Gasteiger partial charge in [0.05, 0.1) is 5.60 Å². The molecule has 7 nitrogen and oxygen atoms in total. The lowest BCUT2D eigenvalue weighted by atomic mass is 9.82. The Kier molecular flexibility index (Phi) is 14.7. The van der Waals surface area contributed by atoms with Crippen LogP contribution in [0.2, 0.25) is 0 Å². The lowest BCUT2D eigenvalue weighted by Crippen LogP contribution is -2.43. The van der Waals surface area contributed by atoms with E-state index in [4.69, 9.17) is 5.21 Å². The summed E-state index contributed by atoms with van der Waals surface area (Å²) < 4.78 is 0. The maximum Gasteiger partial charge on any atom is 0.0801 e. The highest BCUT2D eigenvalue weighted by Gasteiger charge is 2.40. The van der Waals surface area contributed by atoms with Crippen LogP contribution in [-0.2, 0) is 0 Å². The molecule has 7 heteroatoms. The quantitative estimate of drug-likeness (QED) is 0.265. The molecule has 0 radical (unpaired) electrons. The Bertz CT molecular complexity index is 573. The van der Waals surface area contributed by atoms with Crippen molar-refractivity contribution in [3.05, 3.63) is 23.4 Å². The fourth-order valence-corrected chi connectivity index (χ4v) is 3.80. The standard InChI is InChI=1S/C13H24N2O2.C8H16.C5H11NO.H3N/c1-11(13(3,4)16)5-6-12(2)14-7-9-15(17)10-8-14;1-7-5-3-4-6-8(7)2;1-2-5(6-7)3-4-5;/h5-6,16-17H,7-10H2,1-4H3;7-8H,3-6H2,1-2H3;6-7H,2-4H2,1H3;1H3/b11-5+,12-6+;;;/t;7-,8-;;/m.1../s1. The summed E-state index contributed by atoms with van der Waals surface area (Å²) in [5, 5.41) is 28.8. The van der Waals surface area contributed by atoms with Gasteiger partial charge in [0.25, 0.3) is 0 Å². The summed E-state index contributed by atoms with van der Waals surface area (Å²) in [7, 11) is 0. The first-order valence-corrected chi connectivity index (χ1v) is 12.6. The van der Waals surface area contributed by atoms with Crippen molar-refractivity contribution >= 4 is 0 Å². The smallest absolute Gasteiger partial charge is 0.0801 e. The number of aliphatic hydroxyl groups is 1. The second kappa shape index (κ2) is 15.1. The minimum Gasteiger partial charge on any atom is -0.386 e. The number of hydrogen-bond acceptors (Lipinski definition) is 7. The normalized spacial score (nSPS) is 25.7. The lowest BCUT2D eigenvalue weighted by molar-refractivity contribution is -0.113. The number of rotatable bonds is 5. The van der Waals surface area contributed by atoms with Gasteiger partial charge < -0.3 is 26.6 Å². The number of hydrogen-bond donors (Lipinski definition) is 5. The Balaban J connectivity index is 0.000000529. The number of hydroxylamine groups is 3. The molecular weight excluding hydrogens is 416 g/mol. The van der Waals surface area contributed by atoms with E-state index in [1.165, 1.54) is 36.4 Å². The minimum atomic E-state index is -0.763. The SMILES string of the molecule is C/C(=C\C=C(/C)C(C)(C)O)N1CCN(O)CC1.CCC1(NO)CC1.C[C@@H]1CCCC[C@H]1C.N. The monoisotopic (exact) mass is 470 g/mol. The topological polar surface area (TPSA) is 114 Å². The van der Waals surface area contributed by atoms with Crippen molar-refractivity contribution in [2.75, 3.05) is 26.2 Å². The van der Waals surface area contributed by atoms with Crippen LogP contribution in [0.1, 0.15) is 93.4 Å². The van der Waals surface area contributed by atoms with Gasteiger partial charge in [0.1, 0.15) is 0 Å². The Hall–Kier alpha value is -0.960. The highest BCUT2D eigenvalue weighted by molar-refractivity contribution is 5.20. The molecule has 0 amide bonds. The third-order valence-electron chi connectivity index (χ3n) is 7.60. The molecular formula is C26H54N4O3. The van der Waals surface area contributed by atoms with E-state index in [-0.39, 0.29) is 11.7 Å². The summed E-state index contributed by atoms with van der Waals surface area (Å²) in [5.41, 5.74) is 3.79. The van der Waals surface area contributed by atoms with E-state index in [2.05, 4.69) is 38.1 Å². The molecule has 0 unspecified atom stereocenters. The first-order valence-electron chi connectivity index (χ1n) is 12.6. The molecule has 3 aliphatic rings. The number of nitrogens with one attached hydrogen (secondary N) is 1. The third-order valence-corrected chi connectivity index (χ3v) is 7.60. The van der Waals surface area contributed by atoms with Gasteiger partial charge in [-0.25, -0.2) is 0 Å². The van der Waals surface area contributed by atoms with Crippen molar-refractivity contribution in [2.45, 2.75) is 105 Å². The number of piperazine rings is 1. The van der Waals surface area contributed by atoms with E-state index < -0.39 is 5.60 Å². The zero-order valence-electron chi connectivity index (χ0n) is 22.5. The first-order chi connectivity index (χ1) is 14.9. The Morgan fingerprint density at radius 3 is 1.79 bits per heavy atom. The van der Waals surface area contributed by atoms with Crippen LogP contribution in [0.3, 0.4) is 0 Å². The summed E-state index contributed by atoms with van der Waals surface area (Å²) in [6.07, 6.45) is 13.2. The van der Waals surface area contributed by atoms with Crippen molar-refractivity contribution in [1.29, 1.82) is 0 Å². The molecule has 2 aliphatic carbocycles. The van der Waals surface area contributed by atoms with Crippen molar-refractivity contribution in [2.24, 2.45) is 11.8 Å². The average Bonchev–Trinajstić information content (AvgIpc) is 3.55. The van der Waals surface area contributed by atoms with Gasteiger partial charge >= 0.3 is 0 Å². The van der Waals surface area contributed by atoms with Crippen molar-refractivity contribution in [1.82, 2.24) is 21.6 Å². The van der Waals surface area contributed by atoms with Crippen LogP contribution in [0.5, 0.6) is 0 Å². The van der Waals surface area contributed by atoms with Crippen molar-refractivity contribution in [3.63, 3.8) is 0 Å². The van der Waals surface area contributed by atoms with Crippen molar-refractivity contribution < 1.29 is 15.5 Å². The highest BCUT2D eigenvalue weighted by Crippen LogP contribution is 2.37. The molecule has 0 bridgehead atoms. The van der Waals surface area contributed by atoms with Crippen molar-refractivity contribution in [3.8, 4) is 0 Å². The zero-order valence-corrected chi connectivity index (χ0v) is 22.5. The summed E-state index contributed by atoms with van der Waals surface area (Å²) in [5.74, 6) is 2.01. The van der Waals surface area contributed by atoms with Crippen LogP contribution in [0.25, 0.3) is 0 Å². The van der Waals surface area contributed by atoms with Crippen LogP contribution < -0.4 is 11.6 Å². The molecule has 1 aliphatic heterocycles. The molecule has 3 fully saturated rings. The molecule has 0 aromatic carbocycles. The molecule has 196 valence electrons. The molecule has 3 rings (SSSR count). The molecule has 33 heavy (non-hydrogen) atoms. The highest BCUT2D eigenvalue weighted by atomic mass is 16.5. The van der Waals surface area contributed by atoms with Crippen LogP contribution in [0.4, 0.5) is 0 Å². The predicted octanol–water partition coefficient (Wildman–Crippen LogP) is 5.52. The van der Waals surface area contributed by atoms with Crippen LogP contribution in [0, 0.1) is 11.8 Å². The Morgan fingerprint density at radius 2 is 1.48 bits per heavy atom. The summed E-state index contributed by atoms with van der Waals surface area (Å²) in [4.78, 5) is 2.24. The predicted molar refractivity (Wildman–Crippen MR) is 138 cm³/mol. The fraction of sp³-hybridized carbons (Fsp3) is 0.846. The number of nitrogens with zero attached hydrogens (tertiary/aromatic N) is 2. The number of allylic oxidation sites excluding steroid dienone is 3. The first kappa shape index (κ1) is 32.0. The summed E-state index contributed by atoms with van der Waals surface area (Å²) >= 11 is 0. The second-order valence-corrected chi connectivity index (χ2v) is 10.6. The van der Waals surface area contributed by atoms with E-state index in [0.717, 1.165) is 49.8 Å². The summed E-state index contributed by atoms with van der Waals surface area (Å²) in [6.45, 7) is 17.4. The van der Waals surface area contributed by atoms with E-state index in [1.807, 2.05) is 19.1 Å². The molecule has 2 atom stereocenters. The van der Waals surface area contributed by atoms with Crippen LogP contribution >= 0.6 is 0 Å². The second-order valence-electron chi connectivity index (χ2n) is 10.6. The molecule has 1 heterocycles. The lowest BCUT2D eigenvalue weighted by Gasteiger charge is -2.33. The maximum atomic E-state index is 9.79. The fourth-order valence-electron chi connectivity index (χ4n) is 3.80. The minimum absolute atomic E-state index is 0. The molecule has 2 saturated carbocycles. The van der Waals surface area contributed by atoms with E-state index in [9.17, 15) is 10.3 Å². The molecule has 0 spiro atoms. The zero-order chi connectivity index (χ0) is 24.4. The van der Waals surface area contributed by atoms with Crippen LogP contribution in [-0.4, -0.2) is 62.8 Å². The van der Waals surface area contributed by atoms with E-state index in [1.54, 1.807) is 13.8 Å². The maximum absolute atomic E-state index is 9.79. The van der Waals surface area contributed by atoms with Gasteiger partial charge in [-0.1, -0.05) is 52.5 Å². The summed E-state index contributed by atoms with van der Waals surface area (Å²) in [6, 6.07) is 0. The van der Waals surface area contributed by atoms with Gasteiger partial charge in [0.2, 0.25) is 0 Å². The Labute approximate surface area is 203 Å². The largest absolute Gasteiger partial charge is 0.386 e. The van der Waals surface area contributed by atoms with Gasteiger partial charge in [0, 0.05) is 37.4 Å². The van der Waals surface area contributed by atoms with E-state index >= 15 is 0 Å². The molecule has 1 saturated heterocycles. The molecule has 7 N–H and O–H groups in total. The molecule has 0 aromatic heterocycles. The van der Waals surface area contributed by atoms with Gasteiger partial charge in [-0.3, -0.25) is 0 Å². The van der Waals surface area contributed by atoms with Gasteiger partial charge in [-0.05, 0) is 70.4 Å². The molecule has 0 aromatic rings.